The molecule has 0 saturated carbocycles. The minimum absolute atomic E-state index is 0.271. The van der Waals surface area contributed by atoms with E-state index in [0.29, 0.717) is 6.61 Å². The fourth-order valence-corrected chi connectivity index (χ4v) is 2.17. The molecule has 1 atom stereocenters. The highest BCUT2D eigenvalue weighted by atomic mass is 16.5. The van der Waals surface area contributed by atoms with Crippen molar-refractivity contribution in [1.29, 1.82) is 0 Å². The molecule has 0 saturated heterocycles. The van der Waals surface area contributed by atoms with Crippen LogP contribution in [0.4, 0.5) is 0 Å². The van der Waals surface area contributed by atoms with Crippen molar-refractivity contribution >= 4 is 0 Å². The van der Waals surface area contributed by atoms with E-state index in [1.54, 1.807) is 6.26 Å². The minimum Gasteiger partial charge on any atom is -0.494 e. The van der Waals surface area contributed by atoms with E-state index < -0.39 is 0 Å². The summed E-state index contributed by atoms with van der Waals surface area (Å²) in [5, 5.41) is 3.51. The molecular weight excluding hydrogens is 238 g/mol. The second kappa shape index (κ2) is 7.00. The lowest BCUT2D eigenvalue weighted by molar-refractivity contribution is 0.329. The van der Waals surface area contributed by atoms with Crippen molar-refractivity contribution in [3.8, 4) is 5.75 Å². The average Bonchev–Trinajstić information content (AvgIpc) is 2.95. The van der Waals surface area contributed by atoms with Gasteiger partial charge in [-0.05, 0) is 31.5 Å². The third-order valence-electron chi connectivity index (χ3n) is 3.11. The van der Waals surface area contributed by atoms with E-state index in [9.17, 15) is 0 Å². The Bertz CT molecular complexity index is 479. The van der Waals surface area contributed by atoms with Gasteiger partial charge in [0.1, 0.15) is 11.5 Å². The summed E-state index contributed by atoms with van der Waals surface area (Å²) in [6.07, 6.45) is 2.71. The molecule has 1 N–H and O–H groups in total. The molecule has 102 valence electrons. The first-order valence-corrected chi connectivity index (χ1v) is 6.82. The Morgan fingerprint density at radius 3 is 2.68 bits per heavy atom. The summed E-state index contributed by atoms with van der Waals surface area (Å²) in [6.45, 7) is 5.59. The van der Waals surface area contributed by atoms with E-state index in [0.717, 1.165) is 24.5 Å². The van der Waals surface area contributed by atoms with Gasteiger partial charge in [-0.15, -0.1) is 0 Å². The van der Waals surface area contributed by atoms with E-state index in [-0.39, 0.29) is 6.04 Å². The lowest BCUT2D eigenvalue weighted by Gasteiger charge is -2.20. The van der Waals surface area contributed by atoms with Crippen LogP contribution in [-0.4, -0.2) is 6.61 Å². The number of para-hydroxylation sites is 1. The molecule has 0 aliphatic carbocycles. The highest BCUT2D eigenvalue weighted by Gasteiger charge is 2.14. The van der Waals surface area contributed by atoms with E-state index >= 15 is 0 Å². The normalized spacial score (nSPS) is 12.3. The van der Waals surface area contributed by atoms with E-state index in [2.05, 4.69) is 24.4 Å². The van der Waals surface area contributed by atoms with Crippen LogP contribution in [0.15, 0.2) is 47.1 Å². The van der Waals surface area contributed by atoms with Crippen LogP contribution in [0.2, 0.25) is 0 Å². The topological polar surface area (TPSA) is 34.4 Å². The van der Waals surface area contributed by atoms with Crippen molar-refractivity contribution < 1.29 is 9.15 Å². The standard InChI is InChI=1S/C16H21NO2/c1-3-15(17-12-13-8-7-11-19-13)14-9-5-6-10-16(14)18-4-2/h5-11,15,17H,3-4,12H2,1-2H3. The molecular formula is C16H21NO2. The molecule has 1 aromatic carbocycles. The lowest BCUT2D eigenvalue weighted by Crippen LogP contribution is -2.20. The van der Waals surface area contributed by atoms with Crippen LogP contribution in [0.25, 0.3) is 0 Å². The molecule has 0 fully saturated rings. The van der Waals surface area contributed by atoms with Crippen LogP contribution in [0.5, 0.6) is 5.75 Å². The molecule has 2 aromatic rings. The third-order valence-corrected chi connectivity index (χ3v) is 3.11. The highest BCUT2D eigenvalue weighted by molar-refractivity contribution is 5.36. The lowest BCUT2D eigenvalue weighted by atomic mass is 10.0. The van der Waals surface area contributed by atoms with Gasteiger partial charge in [-0.2, -0.15) is 0 Å². The Morgan fingerprint density at radius 2 is 2.00 bits per heavy atom. The summed E-state index contributed by atoms with van der Waals surface area (Å²) in [4.78, 5) is 0. The summed E-state index contributed by atoms with van der Waals surface area (Å²) < 4.78 is 11.0. The second-order valence-corrected chi connectivity index (χ2v) is 4.39. The van der Waals surface area contributed by atoms with Crippen LogP contribution in [0.1, 0.15) is 37.6 Å². The first-order valence-electron chi connectivity index (χ1n) is 6.82. The van der Waals surface area contributed by atoms with Gasteiger partial charge in [0.05, 0.1) is 19.4 Å². The van der Waals surface area contributed by atoms with Crippen LogP contribution in [-0.2, 0) is 6.54 Å². The minimum atomic E-state index is 0.271. The molecule has 0 bridgehead atoms. The number of benzene rings is 1. The zero-order chi connectivity index (χ0) is 13.5. The third kappa shape index (κ3) is 3.61. The molecule has 0 radical (unpaired) electrons. The van der Waals surface area contributed by atoms with Gasteiger partial charge in [-0.25, -0.2) is 0 Å². The molecule has 3 nitrogen and oxygen atoms in total. The summed E-state index contributed by atoms with van der Waals surface area (Å²) in [5.74, 6) is 1.91. The molecule has 0 spiro atoms. The number of hydrogen-bond acceptors (Lipinski definition) is 3. The molecule has 1 aromatic heterocycles. The van der Waals surface area contributed by atoms with Gasteiger partial charge >= 0.3 is 0 Å². The monoisotopic (exact) mass is 259 g/mol. The van der Waals surface area contributed by atoms with E-state index in [4.69, 9.17) is 9.15 Å². The van der Waals surface area contributed by atoms with Gasteiger partial charge in [0.2, 0.25) is 0 Å². The molecule has 0 aliphatic rings. The Morgan fingerprint density at radius 1 is 1.16 bits per heavy atom. The quantitative estimate of drug-likeness (QED) is 0.818. The number of rotatable bonds is 7. The first kappa shape index (κ1) is 13.7. The molecule has 19 heavy (non-hydrogen) atoms. The largest absolute Gasteiger partial charge is 0.494 e. The van der Waals surface area contributed by atoms with Gasteiger partial charge in [0.25, 0.3) is 0 Å². The smallest absolute Gasteiger partial charge is 0.124 e. The van der Waals surface area contributed by atoms with E-state index in [1.807, 2.05) is 31.2 Å². The maximum absolute atomic E-state index is 5.69. The molecule has 3 heteroatoms. The Hall–Kier alpha value is -1.74. The predicted octanol–water partition coefficient (Wildman–Crippen LogP) is 3.92. The number of nitrogens with one attached hydrogen (secondary N) is 1. The number of furan rings is 1. The summed E-state index contributed by atoms with van der Waals surface area (Å²) in [5.41, 5.74) is 1.21. The highest BCUT2D eigenvalue weighted by Crippen LogP contribution is 2.27. The van der Waals surface area contributed by atoms with Gasteiger partial charge in [-0.3, -0.25) is 0 Å². The van der Waals surface area contributed by atoms with Crippen molar-refractivity contribution in [3.05, 3.63) is 54.0 Å². The second-order valence-electron chi connectivity index (χ2n) is 4.39. The molecule has 1 heterocycles. The Balaban J connectivity index is 2.08. The molecule has 2 rings (SSSR count). The Labute approximate surface area is 114 Å². The number of hydrogen-bond donors (Lipinski definition) is 1. The van der Waals surface area contributed by atoms with Crippen LogP contribution in [0.3, 0.4) is 0 Å². The zero-order valence-electron chi connectivity index (χ0n) is 11.6. The maximum atomic E-state index is 5.69. The average molecular weight is 259 g/mol. The summed E-state index contributed by atoms with van der Waals surface area (Å²) in [6, 6.07) is 12.4. The van der Waals surface area contributed by atoms with Crippen molar-refractivity contribution in [2.45, 2.75) is 32.9 Å². The molecule has 0 aliphatic heterocycles. The SMILES string of the molecule is CCOc1ccccc1C(CC)NCc1ccco1. The fraction of sp³-hybridized carbons (Fsp3) is 0.375. The van der Waals surface area contributed by atoms with Crippen LogP contribution >= 0.6 is 0 Å². The van der Waals surface area contributed by atoms with Crippen molar-refractivity contribution in [2.75, 3.05) is 6.61 Å². The number of ether oxygens (including phenoxy) is 1. The molecule has 0 amide bonds. The van der Waals surface area contributed by atoms with Gasteiger partial charge in [0.15, 0.2) is 0 Å². The van der Waals surface area contributed by atoms with Crippen LogP contribution < -0.4 is 10.1 Å². The van der Waals surface area contributed by atoms with Crippen molar-refractivity contribution in [3.63, 3.8) is 0 Å². The van der Waals surface area contributed by atoms with Crippen molar-refractivity contribution in [1.82, 2.24) is 5.32 Å². The molecule has 1 unspecified atom stereocenters. The predicted molar refractivity (Wildman–Crippen MR) is 76.2 cm³/mol. The Kier molecular flexibility index (Phi) is 5.04. The van der Waals surface area contributed by atoms with Gasteiger partial charge in [0, 0.05) is 11.6 Å². The van der Waals surface area contributed by atoms with E-state index in [1.165, 1.54) is 5.56 Å². The summed E-state index contributed by atoms with van der Waals surface area (Å²) in [7, 11) is 0. The van der Waals surface area contributed by atoms with Gasteiger partial charge < -0.3 is 14.5 Å². The zero-order valence-corrected chi connectivity index (χ0v) is 11.6. The van der Waals surface area contributed by atoms with Crippen molar-refractivity contribution in [2.24, 2.45) is 0 Å². The maximum Gasteiger partial charge on any atom is 0.124 e. The first-order chi connectivity index (χ1) is 9.35. The van der Waals surface area contributed by atoms with Gasteiger partial charge in [-0.1, -0.05) is 25.1 Å². The fourth-order valence-electron chi connectivity index (χ4n) is 2.17. The van der Waals surface area contributed by atoms with Crippen LogP contribution in [0, 0.1) is 0 Å². The summed E-state index contributed by atoms with van der Waals surface area (Å²) >= 11 is 0.